The Bertz CT molecular complexity index is 1410. The second-order valence-electron chi connectivity index (χ2n) is 11.5. The van der Waals surface area contributed by atoms with Crippen molar-refractivity contribution < 1.29 is 24.2 Å². The number of fused-ring (bicyclic) bond motifs is 2. The summed E-state index contributed by atoms with van der Waals surface area (Å²) >= 11 is 1.55. The van der Waals surface area contributed by atoms with Gasteiger partial charge in [-0.1, -0.05) is 54.6 Å². The minimum atomic E-state index is -0.947. The molecule has 0 saturated carbocycles. The van der Waals surface area contributed by atoms with Crippen molar-refractivity contribution in [3.8, 4) is 5.75 Å². The standard InChI is InChI=1S/C33H37N3O5S/c1-4-41-24-15-13-23(14-16-24)35-18-8-12-26-27(30(35)38)28-31(39)36(25(20-37)22-10-6-5-7-11-22)29-32(40)34(21(2)3)19-9-17-33(28,29)42-26/h5-17,21,25-29,37H,4,18-20H2,1-3H3/t25-,26-,27+,28+,29?,33+/m1/s1. The number of likely N-dealkylation sites (tertiary alicyclic amines) is 1. The highest BCUT2D eigenvalue weighted by Crippen LogP contribution is 2.62. The first-order valence-corrected chi connectivity index (χ1v) is 15.5. The van der Waals surface area contributed by atoms with Crippen LogP contribution in [-0.4, -0.2) is 81.0 Å². The van der Waals surface area contributed by atoms with E-state index in [0.717, 1.165) is 17.0 Å². The van der Waals surface area contributed by atoms with Crippen molar-refractivity contribution in [3.63, 3.8) is 0 Å². The number of carbonyl (C=O) groups is 3. The van der Waals surface area contributed by atoms with Gasteiger partial charge in [0.15, 0.2) is 0 Å². The average Bonchev–Trinajstić information content (AvgIpc) is 3.30. The number of thioether (sulfide) groups is 1. The average molecular weight is 588 g/mol. The van der Waals surface area contributed by atoms with Crippen LogP contribution in [0.2, 0.25) is 0 Å². The fraction of sp³-hybridized carbons (Fsp3) is 0.424. The minimum absolute atomic E-state index is 0.0776. The largest absolute Gasteiger partial charge is 0.494 e. The summed E-state index contributed by atoms with van der Waals surface area (Å²) < 4.78 is 4.64. The summed E-state index contributed by atoms with van der Waals surface area (Å²) in [5.41, 5.74) is 1.49. The molecule has 4 heterocycles. The predicted octanol–water partition coefficient (Wildman–Crippen LogP) is 3.83. The summed E-state index contributed by atoms with van der Waals surface area (Å²) in [4.78, 5) is 48.7. The number of anilines is 1. The molecule has 8 nitrogen and oxygen atoms in total. The molecular formula is C33H37N3O5S. The van der Waals surface area contributed by atoms with Crippen LogP contribution in [0.15, 0.2) is 78.9 Å². The zero-order chi connectivity index (χ0) is 29.6. The molecule has 4 aliphatic heterocycles. The number of hydrogen-bond acceptors (Lipinski definition) is 6. The van der Waals surface area contributed by atoms with E-state index < -0.39 is 28.7 Å². The SMILES string of the molecule is CCOc1ccc(N2CC=C[C@H]3S[C@]45C=CCN(C(C)C)C(=O)C4N([C@H](CO)c4ccccc4)C(=O)[C@@H]5[C@H]3C2=O)cc1. The number of amides is 3. The fourth-order valence-electron chi connectivity index (χ4n) is 7.04. The van der Waals surface area contributed by atoms with E-state index in [1.54, 1.807) is 26.5 Å². The number of carbonyl (C=O) groups excluding carboxylic acids is 3. The van der Waals surface area contributed by atoms with Crippen molar-refractivity contribution >= 4 is 35.2 Å². The maximum atomic E-state index is 14.7. The Kier molecular flexibility index (Phi) is 7.66. The second-order valence-corrected chi connectivity index (χ2v) is 13.0. The van der Waals surface area contributed by atoms with Crippen LogP contribution in [0, 0.1) is 11.8 Å². The summed E-state index contributed by atoms with van der Waals surface area (Å²) in [6.45, 7) is 6.89. The second kappa shape index (κ2) is 11.3. The molecular weight excluding hydrogens is 550 g/mol. The Hall–Kier alpha value is -3.56. The Morgan fingerprint density at radius 2 is 1.71 bits per heavy atom. The van der Waals surface area contributed by atoms with Gasteiger partial charge in [0.2, 0.25) is 17.7 Å². The molecule has 1 spiro atoms. The van der Waals surface area contributed by atoms with E-state index in [4.69, 9.17) is 4.74 Å². The van der Waals surface area contributed by atoms with Gasteiger partial charge in [0.25, 0.3) is 0 Å². The molecule has 2 fully saturated rings. The number of rotatable bonds is 7. The van der Waals surface area contributed by atoms with Crippen LogP contribution >= 0.6 is 11.8 Å². The van der Waals surface area contributed by atoms with Crippen molar-refractivity contribution in [1.29, 1.82) is 0 Å². The van der Waals surface area contributed by atoms with E-state index in [0.29, 0.717) is 19.7 Å². The third-order valence-corrected chi connectivity index (χ3v) is 10.6. The topological polar surface area (TPSA) is 90.4 Å². The summed E-state index contributed by atoms with van der Waals surface area (Å²) in [5, 5.41) is 10.4. The molecule has 2 aromatic rings. The Labute approximate surface area is 251 Å². The molecule has 2 aromatic carbocycles. The zero-order valence-electron chi connectivity index (χ0n) is 24.1. The van der Waals surface area contributed by atoms with E-state index in [1.165, 1.54) is 0 Å². The lowest BCUT2D eigenvalue weighted by Crippen LogP contribution is -2.55. The van der Waals surface area contributed by atoms with E-state index in [2.05, 4.69) is 0 Å². The van der Waals surface area contributed by atoms with E-state index in [9.17, 15) is 19.5 Å². The third kappa shape index (κ3) is 4.45. The van der Waals surface area contributed by atoms with Gasteiger partial charge in [-0.2, -0.15) is 0 Å². The van der Waals surface area contributed by atoms with Gasteiger partial charge in [-0.15, -0.1) is 11.8 Å². The van der Waals surface area contributed by atoms with Crippen LogP contribution in [0.25, 0.3) is 0 Å². The third-order valence-electron chi connectivity index (χ3n) is 8.90. The predicted molar refractivity (Wildman–Crippen MR) is 163 cm³/mol. The molecule has 1 unspecified atom stereocenters. The summed E-state index contributed by atoms with van der Waals surface area (Å²) in [7, 11) is 0. The normalized spacial score (nSPS) is 29.4. The van der Waals surface area contributed by atoms with E-state index in [1.807, 2.05) is 99.7 Å². The monoisotopic (exact) mass is 587 g/mol. The fourth-order valence-corrected chi connectivity index (χ4v) is 9.04. The number of aliphatic hydroxyl groups is 1. The molecule has 4 aliphatic rings. The van der Waals surface area contributed by atoms with Gasteiger partial charge in [0, 0.05) is 30.1 Å². The first-order chi connectivity index (χ1) is 20.3. The number of nitrogens with zero attached hydrogens (tertiary/aromatic N) is 3. The molecule has 0 aromatic heterocycles. The lowest BCUT2D eigenvalue weighted by Gasteiger charge is -2.39. The highest BCUT2D eigenvalue weighted by molar-refractivity contribution is 8.02. The van der Waals surface area contributed by atoms with Crippen molar-refractivity contribution in [1.82, 2.24) is 9.80 Å². The highest BCUT2D eigenvalue weighted by Gasteiger charge is 2.72. The number of benzene rings is 2. The molecule has 6 rings (SSSR count). The first-order valence-electron chi connectivity index (χ1n) is 14.7. The number of hydrogen-bond donors (Lipinski definition) is 1. The smallest absolute Gasteiger partial charge is 0.247 e. The van der Waals surface area contributed by atoms with Gasteiger partial charge in [-0.05, 0) is 50.6 Å². The van der Waals surface area contributed by atoms with Crippen LogP contribution in [0.1, 0.15) is 32.4 Å². The Morgan fingerprint density at radius 3 is 2.38 bits per heavy atom. The molecule has 2 saturated heterocycles. The molecule has 220 valence electrons. The summed E-state index contributed by atoms with van der Waals surface area (Å²) in [6.07, 6.45) is 8.02. The van der Waals surface area contributed by atoms with Crippen LogP contribution in [0.3, 0.4) is 0 Å². The van der Waals surface area contributed by atoms with Crippen molar-refractivity contribution in [3.05, 3.63) is 84.5 Å². The Morgan fingerprint density at radius 1 is 0.976 bits per heavy atom. The first kappa shape index (κ1) is 28.6. The van der Waals surface area contributed by atoms with Gasteiger partial charge in [-0.25, -0.2) is 0 Å². The Balaban J connectivity index is 1.45. The lowest BCUT2D eigenvalue weighted by molar-refractivity contribution is -0.146. The molecule has 6 atom stereocenters. The van der Waals surface area contributed by atoms with Crippen LogP contribution in [-0.2, 0) is 14.4 Å². The minimum Gasteiger partial charge on any atom is -0.494 e. The number of ether oxygens (including phenoxy) is 1. The van der Waals surface area contributed by atoms with Crippen molar-refractivity contribution in [2.45, 2.75) is 48.9 Å². The van der Waals surface area contributed by atoms with Gasteiger partial charge < -0.3 is 24.5 Å². The molecule has 0 aliphatic carbocycles. The zero-order valence-corrected chi connectivity index (χ0v) is 24.9. The van der Waals surface area contributed by atoms with Crippen molar-refractivity contribution in [2.24, 2.45) is 11.8 Å². The maximum Gasteiger partial charge on any atom is 0.247 e. The maximum absolute atomic E-state index is 14.7. The molecule has 42 heavy (non-hydrogen) atoms. The highest BCUT2D eigenvalue weighted by atomic mass is 32.2. The van der Waals surface area contributed by atoms with Crippen molar-refractivity contribution in [2.75, 3.05) is 31.2 Å². The van der Waals surface area contributed by atoms with Gasteiger partial charge in [0.1, 0.15) is 11.8 Å². The van der Waals surface area contributed by atoms with Gasteiger partial charge in [-0.3, -0.25) is 14.4 Å². The molecule has 3 amide bonds. The molecule has 0 radical (unpaired) electrons. The van der Waals surface area contributed by atoms with Crippen LogP contribution < -0.4 is 9.64 Å². The summed E-state index contributed by atoms with van der Waals surface area (Å²) in [6, 6.07) is 15.1. The van der Waals surface area contributed by atoms with Crippen LogP contribution in [0.4, 0.5) is 5.69 Å². The molecule has 0 bridgehead atoms. The molecule has 1 N–H and O–H groups in total. The van der Waals surface area contributed by atoms with Gasteiger partial charge in [0.05, 0.1) is 35.8 Å². The summed E-state index contributed by atoms with van der Waals surface area (Å²) in [5.74, 6) is -1.25. The quantitative estimate of drug-likeness (QED) is 0.496. The number of aliphatic hydroxyl groups excluding tert-OH is 1. The lowest BCUT2D eigenvalue weighted by atomic mass is 9.78. The van der Waals surface area contributed by atoms with E-state index in [-0.39, 0.29) is 35.6 Å². The van der Waals surface area contributed by atoms with Gasteiger partial charge >= 0.3 is 0 Å². The van der Waals surface area contributed by atoms with E-state index >= 15 is 0 Å². The molecule has 9 heteroatoms. The van der Waals surface area contributed by atoms with Crippen LogP contribution in [0.5, 0.6) is 5.75 Å².